The fourth-order valence-corrected chi connectivity index (χ4v) is 2.13. The minimum absolute atomic E-state index is 0.0702. The van der Waals surface area contributed by atoms with Crippen LogP contribution in [0, 0.1) is 0 Å². The van der Waals surface area contributed by atoms with Crippen molar-refractivity contribution >= 4 is 33.2 Å². The van der Waals surface area contributed by atoms with Crippen molar-refractivity contribution in [1.82, 2.24) is 5.32 Å². The molecular weight excluding hydrogens is 264 g/mol. The van der Waals surface area contributed by atoms with Crippen molar-refractivity contribution in [2.45, 2.75) is 19.4 Å². The Morgan fingerprint density at radius 3 is 2.71 bits per heavy atom. The van der Waals surface area contributed by atoms with E-state index in [2.05, 4.69) is 21.2 Å². The van der Waals surface area contributed by atoms with Crippen molar-refractivity contribution in [2.75, 3.05) is 6.54 Å². The third-order valence-electron chi connectivity index (χ3n) is 1.50. The van der Waals surface area contributed by atoms with Crippen LogP contribution in [0.25, 0.3) is 0 Å². The van der Waals surface area contributed by atoms with Gasteiger partial charge >= 0.3 is 0 Å². The Morgan fingerprint density at radius 2 is 2.29 bits per heavy atom. The average Bonchev–Trinajstić information content (AvgIpc) is 2.46. The van der Waals surface area contributed by atoms with E-state index in [-0.39, 0.29) is 11.4 Å². The molecule has 0 aliphatic heterocycles. The van der Waals surface area contributed by atoms with Crippen LogP contribution in [0.15, 0.2) is 15.9 Å². The zero-order valence-electron chi connectivity index (χ0n) is 8.13. The predicted octanol–water partition coefficient (Wildman–Crippen LogP) is 1.98. The van der Waals surface area contributed by atoms with Crippen LogP contribution in [-0.4, -0.2) is 18.0 Å². The number of carbonyl (C=O) groups is 1. The lowest BCUT2D eigenvalue weighted by Gasteiger charge is -2.18. The van der Waals surface area contributed by atoms with Crippen molar-refractivity contribution in [1.29, 1.82) is 0 Å². The number of hydrogen-bond donors (Lipinski definition) is 2. The van der Waals surface area contributed by atoms with E-state index >= 15 is 0 Å². The molecule has 3 nitrogen and oxygen atoms in total. The average molecular weight is 277 g/mol. The topological polar surface area (TPSA) is 55.1 Å². The first-order chi connectivity index (χ1) is 6.38. The van der Waals surface area contributed by atoms with Crippen molar-refractivity contribution < 1.29 is 4.79 Å². The molecule has 0 fully saturated rings. The van der Waals surface area contributed by atoms with Gasteiger partial charge in [0.05, 0.1) is 8.66 Å². The van der Waals surface area contributed by atoms with E-state index in [1.165, 1.54) is 11.3 Å². The van der Waals surface area contributed by atoms with E-state index in [1.807, 2.05) is 19.9 Å². The first-order valence-electron chi connectivity index (χ1n) is 4.21. The SMILES string of the molecule is CC(C)(N)CNC(=O)c1ccc(Br)s1. The standard InChI is InChI=1S/C9H13BrN2OS/c1-9(2,11)5-12-8(13)6-3-4-7(10)14-6/h3-4H,5,11H2,1-2H3,(H,12,13). The maximum absolute atomic E-state index is 11.5. The summed E-state index contributed by atoms with van der Waals surface area (Å²) < 4.78 is 0.953. The minimum atomic E-state index is -0.371. The van der Waals surface area contributed by atoms with Crippen LogP contribution in [-0.2, 0) is 0 Å². The van der Waals surface area contributed by atoms with Gasteiger partial charge in [0.1, 0.15) is 0 Å². The number of hydrogen-bond acceptors (Lipinski definition) is 3. The van der Waals surface area contributed by atoms with E-state index < -0.39 is 0 Å². The van der Waals surface area contributed by atoms with Crippen LogP contribution < -0.4 is 11.1 Å². The van der Waals surface area contributed by atoms with Crippen LogP contribution in [0.2, 0.25) is 0 Å². The Labute approximate surface area is 95.8 Å². The van der Waals surface area contributed by atoms with E-state index in [4.69, 9.17) is 5.73 Å². The lowest BCUT2D eigenvalue weighted by atomic mass is 10.1. The zero-order valence-corrected chi connectivity index (χ0v) is 10.5. The molecule has 0 saturated heterocycles. The number of nitrogens with one attached hydrogen (secondary N) is 1. The fraction of sp³-hybridized carbons (Fsp3) is 0.444. The molecule has 14 heavy (non-hydrogen) atoms. The van der Waals surface area contributed by atoms with E-state index in [0.29, 0.717) is 11.4 Å². The highest BCUT2D eigenvalue weighted by atomic mass is 79.9. The Balaban J connectivity index is 2.52. The molecule has 1 aromatic rings. The van der Waals surface area contributed by atoms with Gasteiger partial charge in [0, 0.05) is 12.1 Å². The molecule has 5 heteroatoms. The maximum Gasteiger partial charge on any atom is 0.261 e. The lowest BCUT2D eigenvalue weighted by molar-refractivity contribution is 0.0950. The van der Waals surface area contributed by atoms with Crippen LogP contribution in [0.3, 0.4) is 0 Å². The summed E-state index contributed by atoms with van der Waals surface area (Å²) in [5, 5.41) is 2.78. The maximum atomic E-state index is 11.5. The van der Waals surface area contributed by atoms with Gasteiger partial charge in [-0.15, -0.1) is 11.3 Å². The third-order valence-corrected chi connectivity index (χ3v) is 3.12. The van der Waals surface area contributed by atoms with E-state index in [9.17, 15) is 4.79 Å². The quantitative estimate of drug-likeness (QED) is 0.887. The molecule has 0 spiro atoms. The highest BCUT2D eigenvalue weighted by Gasteiger charge is 2.14. The second-order valence-electron chi connectivity index (χ2n) is 3.78. The van der Waals surface area contributed by atoms with Crippen molar-refractivity contribution in [3.05, 3.63) is 20.8 Å². The van der Waals surface area contributed by atoms with Gasteiger partial charge in [0.2, 0.25) is 0 Å². The van der Waals surface area contributed by atoms with Crippen LogP contribution in [0.5, 0.6) is 0 Å². The molecule has 0 radical (unpaired) electrons. The number of nitrogens with two attached hydrogens (primary N) is 1. The molecule has 3 N–H and O–H groups in total. The molecule has 78 valence electrons. The van der Waals surface area contributed by atoms with Crippen molar-refractivity contribution in [2.24, 2.45) is 5.73 Å². The second-order valence-corrected chi connectivity index (χ2v) is 6.24. The molecule has 1 rings (SSSR count). The highest BCUT2D eigenvalue weighted by Crippen LogP contribution is 2.21. The Hall–Kier alpha value is -0.390. The molecule has 0 unspecified atom stereocenters. The first kappa shape index (κ1) is 11.7. The predicted molar refractivity (Wildman–Crippen MR) is 62.6 cm³/mol. The lowest BCUT2D eigenvalue weighted by Crippen LogP contribution is -2.44. The Kier molecular flexibility index (Phi) is 3.69. The molecule has 0 aliphatic carbocycles. The Bertz CT molecular complexity index is 330. The van der Waals surface area contributed by atoms with Gasteiger partial charge in [-0.1, -0.05) is 0 Å². The zero-order chi connectivity index (χ0) is 10.8. The van der Waals surface area contributed by atoms with E-state index in [1.54, 1.807) is 6.07 Å². The molecule has 0 bridgehead atoms. The van der Waals surface area contributed by atoms with Gasteiger partial charge in [0.25, 0.3) is 5.91 Å². The second kappa shape index (κ2) is 4.42. The fourth-order valence-electron chi connectivity index (χ4n) is 0.832. The van der Waals surface area contributed by atoms with Crippen LogP contribution >= 0.6 is 27.3 Å². The third kappa shape index (κ3) is 3.77. The van der Waals surface area contributed by atoms with Gasteiger partial charge in [-0.3, -0.25) is 4.79 Å². The molecule has 1 aromatic heterocycles. The Morgan fingerprint density at radius 1 is 1.64 bits per heavy atom. The summed E-state index contributed by atoms with van der Waals surface area (Å²) in [7, 11) is 0. The first-order valence-corrected chi connectivity index (χ1v) is 5.82. The summed E-state index contributed by atoms with van der Waals surface area (Å²) in [6.45, 7) is 4.22. The smallest absolute Gasteiger partial charge is 0.261 e. The molecule has 0 saturated carbocycles. The van der Waals surface area contributed by atoms with Gasteiger partial charge in [-0.2, -0.15) is 0 Å². The molecule has 0 atom stereocenters. The number of amides is 1. The molecular formula is C9H13BrN2OS. The minimum Gasteiger partial charge on any atom is -0.350 e. The van der Waals surface area contributed by atoms with Gasteiger partial charge in [0.15, 0.2) is 0 Å². The summed E-state index contributed by atoms with van der Waals surface area (Å²) in [6.07, 6.45) is 0. The van der Waals surface area contributed by atoms with Gasteiger partial charge in [-0.05, 0) is 41.9 Å². The normalized spacial score (nSPS) is 11.4. The number of halogens is 1. The van der Waals surface area contributed by atoms with E-state index in [0.717, 1.165) is 3.79 Å². The van der Waals surface area contributed by atoms with Crippen LogP contribution in [0.4, 0.5) is 0 Å². The monoisotopic (exact) mass is 276 g/mol. The van der Waals surface area contributed by atoms with Gasteiger partial charge in [-0.25, -0.2) is 0 Å². The van der Waals surface area contributed by atoms with Crippen LogP contribution in [0.1, 0.15) is 23.5 Å². The summed E-state index contributed by atoms with van der Waals surface area (Å²) in [5.74, 6) is -0.0702. The summed E-state index contributed by atoms with van der Waals surface area (Å²) in [4.78, 5) is 12.2. The highest BCUT2D eigenvalue weighted by molar-refractivity contribution is 9.11. The van der Waals surface area contributed by atoms with Crippen molar-refractivity contribution in [3.8, 4) is 0 Å². The number of rotatable bonds is 3. The summed E-state index contributed by atoms with van der Waals surface area (Å²) in [6, 6.07) is 3.64. The largest absolute Gasteiger partial charge is 0.350 e. The molecule has 1 heterocycles. The van der Waals surface area contributed by atoms with Gasteiger partial charge < -0.3 is 11.1 Å². The summed E-state index contributed by atoms with van der Waals surface area (Å²) in [5.41, 5.74) is 5.38. The number of carbonyl (C=O) groups excluding carboxylic acids is 1. The molecule has 1 amide bonds. The number of thiophene rings is 1. The van der Waals surface area contributed by atoms with Crippen molar-refractivity contribution in [3.63, 3.8) is 0 Å². The summed E-state index contributed by atoms with van der Waals surface area (Å²) >= 11 is 4.72. The molecule has 0 aromatic carbocycles. The molecule has 0 aliphatic rings.